The molecule has 2 aromatic carbocycles. The van der Waals surface area contributed by atoms with E-state index in [1.165, 1.54) is 0 Å². The molecule has 27 heavy (non-hydrogen) atoms. The number of likely N-dealkylation sites (N-methyl/N-ethyl adjacent to an activating group) is 1. The van der Waals surface area contributed by atoms with Crippen molar-refractivity contribution in [3.8, 4) is 0 Å². The van der Waals surface area contributed by atoms with E-state index in [0.717, 1.165) is 25.8 Å². The van der Waals surface area contributed by atoms with Gasteiger partial charge >= 0.3 is 0 Å². The summed E-state index contributed by atoms with van der Waals surface area (Å²) in [5, 5.41) is 2.63. The van der Waals surface area contributed by atoms with E-state index in [9.17, 15) is 9.59 Å². The largest absolute Gasteiger partial charge is 0.357 e. The third-order valence-electron chi connectivity index (χ3n) is 4.09. The molecule has 0 aliphatic carbocycles. The molecule has 4 nitrogen and oxygen atoms in total. The van der Waals surface area contributed by atoms with Crippen LogP contribution in [0.1, 0.15) is 18.1 Å². The summed E-state index contributed by atoms with van der Waals surface area (Å²) in [7, 11) is 1.59. The minimum absolute atomic E-state index is 0.0452. The summed E-state index contributed by atoms with van der Waals surface area (Å²) in [6, 6.07) is 15.3. The van der Waals surface area contributed by atoms with Gasteiger partial charge in [-0.05, 0) is 42.3 Å². The molecule has 1 atom stereocenters. The van der Waals surface area contributed by atoms with Crippen LogP contribution in [0, 0.1) is 0 Å². The molecule has 2 amide bonds. The molecular formula is C20H22Br2N2O2S. The number of rotatable bonds is 8. The maximum atomic E-state index is 12.8. The summed E-state index contributed by atoms with van der Waals surface area (Å²) in [4.78, 5) is 26.6. The van der Waals surface area contributed by atoms with Crippen LogP contribution in [0.2, 0.25) is 0 Å². The van der Waals surface area contributed by atoms with E-state index in [1.807, 2.05) is 48.5 Å². The molecule has 0 bridgehead atoms. The van der Waals surface area contributed by atoms with E-state index in [4.69, 9.17) is 0 Å². The Balaban J connectivity index is 2.02. The molecule has 2 aromatic rings. The van der Waals surface area contributed by atoms with Crippen molar-refractivity contribution in [2.24, 2.45) is 0 Å². The molecule has 0 aliphatic heterocycles. The van der Waals surface area contributed by atoms with Gasteiger partial charge in [-0.25, -0.2) is 0 Å². The second-order valence-electron chi connectivity index (χ2n) is 6.06. The van der Waals surface area contributed by atoms with Gasteiger partial charge in [0, 0.05) is 28.3 Å². The lowest BCUT2D eigenvalue weighted by molar-refractivity contribution is -0.138. The fraction of sp³-hybridized carbons (Fsp3) is 0.300. The zero-order valence-corrected chi connectivity index (χ0v) is 19.2. The van der Waals surface area contributed by atoms with E-state index >= 15 is 0 Å². The normalized spacial score (nSPS) is 11.7. The monoisotopic (exact) mass is 512 g/mol. The molecule has 0 spiro atoms. The fourth-order valence-corrected chi connectivity index (χ4v) is 3.90. The van der Waals surface area contributed by atoms with Crippen molar-refractivity contribution in [2.45, 2.75) is 25.3 Å². The number of halogens is 2. The second kappa shape index (κ2) is 10.9. The highest BCUT2D eigenvalue weighted by Crippen LogP contribution is 2.18. The van der Waals surface area contributed by atoms with Crippen molar-refractivity contribution in [3.63, 3.8) is 0 Å². The van der Waals surface area contributed by atoms with E-state index in [0.29, 0.717) is 12.3 Å². The van der Waals surface area contributed by atoms with Gasteiger partial charge in [0.15, 0.2) is 0 Å². The number of hydrogen-bond acceptors (Lipinski definition) is 3. The van der Waals surface area contributed by atoms with Gasteiger partial charge in [-0.1, -0.05) is 56.1 Å². The summed E-state index contributed by atoms with van der Waals surface area (Å²) in [6.45, 7) is 2.16. The van der Waals surface area contributed by atoms with Gasteiger partial charge in [0.05, 0.1) is 5.75 Å². The van der Waals surface area contributed by atoms with Crippen molar-refractivity contribution in [1.29, 1.82) is 0 Å². The van der Waals surface area contributed by atoms with E-state index in [-0.39, 0.29) is 11.8 Å². The SMILES string of the molecule is CNC(=O)C(C)N(Cc1ccc(Br)cc1)C(=O)CSCc1ccc(Br)cc1. The Labute approximate surface area is 181 Å². The van der Waals surface area contributed by atoms with Crippen LogP contribution in [-0.2, 0) is 21.9 Å². The summed E-state index contributed by atoms with van der Waals surface area (Å²) < 4.78 is 2.01. The highest BCUT2D eigenvalue weighted by Gasteiger charge is 2.25. The lowest BCUT2D eigenvalue weighted by Crippen LogP contribution is -2.47. The van der Waals surface area contributed by atoms with Crippen molar-refractivity contribution in [3.05, 3.63) is 68.6 Å². The van der Waals surface area contributed by atoms with Crippen LogP contribution in [0.25, 0.3) is 0 Å². The van der Waals surface area contributed by atoms with Crippen molar-refractivity contribution in [2.75, 3.05) is 12.8 Å². The average molecular weight is 514 g/mol. The smallest absolute Gasteiger partial charge is 0.242 e. The Morgan fingerprint density at radius 1 is 1.00 bits per heavy atom. The van der Waals surface area contributed by atoms with Crippen LogP contribution in [0.5, 0.6) is 0 Å². The molecule has 0 aliphatic rings. The minimum Gasteiger partial charge on any atom is -0.357 e. The average Bonchev–Trinajstić information content (AvgIpc) is 2.67. The molecular weight excluding hydrogens is 492 g/mol. The van der Waals surface area contributed by atoms with Crippen LogP contribution in [0.4, 0.5) is 0 Å². The number of carbonyl (C=O) groups excluding carboxylic acids is 2. The Hall–Kier alpha value is -1.31. The zero-order chi connectivity index (χ0) is 19.8. The van der Waals surface area contributed by atoms with Crippen LogP contribution in [0.3, 0.4) is 0 Å². The first-order valence-corrected chi connectivity index (χ1v) is 11.2. The lowest BCUT2D eigenvalue weighted by Gasteiger charge is -2.28. The van der Waals surface area contributed by atoms with E-state index in [1.54, 1.807) is 30.6 Å². The summed E-state index contributed by atoms with van der Waals surface area (Å²) in [6.07, 6.45) is 0. The minimum atomic E-state index is -0.528. The van der Waals surface area contributed by atoms with Gasteiger partial charge in [-0.3, -0.25) is 9.59 Å². The molecule has 0 radical (unpaired) electrons. The first-order chi connectivity index (χ1) is 12.9. The summed E-state index contributed by atoms with van der Waals surface area (Å²) in [5.74, 6) is 0.863. The highest BCUT2D eigenvalue weighted by atomic mass is 79.9. The first-order valence-electron chi connectivity index (χ1n) is 8.48. The van der Waals surface area contributed by atoms with Crippen LogP contribution < -0.4 is 5.32 Å². The highest BCUT2D eigenvalue weighted by molar-refractivity contribution is 9.10. The molecule has 7 heteroatoms. The summed E-state index contributed by atoms with van der Waals surface area (Å²) in [5.41, 5.74) is 2.15. The van der Waals surface area contributed by atoms with Crippen LogP contribution >= 0.6 is 43.6 Å². The van der Waals surface area contributed by atoms with Gasteiger partial charge in [0.1, 0.15) is 6.04 Å². The predicted octanol–water partition coefficient (Wildman–Crippen LogP) is 4.61. The predicted molar refractivity (Wildman–Crippen MR) is 119 cm³/mol. The topological polar surface area (TPSA) is 49.4 Å². The Morgan fingerprint density at radius 2 is 1.52 bits per heavy atom. The van der Waals surface area contributed by atoms with Crippen molar-refractivity contribution in [1.82, 2.24) is 10.2 Å². The standard InChI is InChI=1S/C20H22Br2N2O2S/c1-14(20(26)23-2)24(11-15-3-7-17(21)8-4-15)19(25)13-27-12-16-5-9-18(22)10-6-16/h3-10,14H,11-13H2,1-2H3,(H,23,26). The lowest BCUT2D eigenvalue weighted by atomic mass is 10.1. The Bertz CT molecular complexity index is 767. The van der Waals surface area contributed by atoms with Crippen LogP contribution in [-0.4, -0.2) is 35.6 Å². The Morgan fingerprint density at radius 3 is 2.04 bits per heavy atom. The van der Waals surface area contributed by atoms with Gasteiger partial charge in [0.25, 0.3) is 0 Å². The van der Waals surface area contributed by atoms with Crippen LogP contribution in [0.15, 0.2) is 57.5 Å². The quantitative estimate of drug-likeness (QED) is 0.560. The van der Waals surface area contributed by atoms with Crippen molar-refractivity contribution >= 4 is 55.4 Å². The molecule has 144 valence electrons. The van der Waals surface area contributed by atoms with Gasteiger partial charge in [-0.2, -0.15) is 0 Å². The summed E-state index contributed by atoms with van der Waals surface area (Å²) >= 11 is 8.39. The van der Waals surface area contributed by atoms with E-state index in [2.05, 4.69) is 37.2 Å². The molecule has 0 fully saturated rings. The Kier molecular flexibility index (Phi) is 8.86. The zero-order valence-electron chi connectivity index (χ0n) is 15.2. The third-order valence-corrected chi connectivity index (χ3v) is 6.13. The molecule has 1 unspecified atom stereocenters. The van der Waals surface area contributed by atoms with Gasteiger partial charge < -0.3 is 10.2 Å². The number of amides is 2. The molecule has 1 N–H and O–H groups in total. The molecule has 2 rings (SSSR count). The molecule has 0 saturated carbocycles. The molecule has 0 saturated heterocycles. The first kappa shape index (κ1) is 22.0. The molecule has 0 heterocycles. The van der Waals surface area contributed by atoms with Gasteiger partial charge in [0.2, 0.25) is 11.8 Å². The number of thioether (sulfide) groups is 1. The number of nitrogens with zero attached hydrogens (tertiary/aromatic N) is 1. The fourth-order valence-electron chi connectivity index (χ4n) is 2.50. The molecule has 0 aromatic heterocycles. The number of benzene rings is 2. The number of nitrogens with one attached hydrogen (secondary N) is 1. The number of hydrogen-bond donors (Lipinski definition) is 1. The second-order valence-corrected chi connectivity index (χ2v) is 8.87. The van der Waals surface area contributed by atoms with Gasteiger partial charge in [-0.15, -0.1) is 11.8 Å². The maximum absolute atomic E-state index is 12.8. The van der Waals surface area contributed by atoms with Crippen molar-refractivity contribution < 1.29 is 9.59 Å². The number of carbonyl (C=O) groups is 2. The third kappa shape index (κ3) is 6.97. The van der Waals surface area contributed by atoms with E-state index < -0.39 is 6.04 Å². The maximum Gasteiger partial charge on any atom is 0.242 e.